The van der Waals surface area contributed by atoms with Gasteiger partial charge in [0.15, 0.2) is 9.84 Å². The van der Waals surface area contributed by atoms with Gasteiger partial charge in [-0.3, -0.25) is 0 Å². The van der Waals surface area contributed by atoms with Gasteiger partial charge < -0.3 is 4.57 Å². The summed E-state index contributed by atoms with van der Waals surface area (Å²) in [5.41, 5.74) is 1.80. The molecule has 24 heavy (non-hydrogen) atoms. The third kappa shape index (κ3) is 3.71. The molecule has 0 bridgehead atoms. The Balaban J connectivity index is 2.02. The Bertz CT molecular complexity index is 985. The molecule has 0 fully saturated rings. The Labute approximate surface area is 154 Å². The fraction of sp³-hybridized carbons (Fsp3) is 0.118. The summed E-state index contributed by atoms with van der Waals surface area (Å²) in [4.78, 5) is 4.64. The molecule has 124 valence electrons. The first-order valence-electron chi connectivity index (χ1n) is 7.11. The zero-order valence-electron chi connectivity index (χ0n) is 12.8. The molecule has 0 radical (unpaired) electrons. The molecule has 0 aliphatic heterocycles. The molecule has 0 atom stereocenters. The Morgan fingerprint density at radius 1 is 1.17 bits per heavy atom. The number of hydrogen-bond donors (Lipinski definition) is 0. The van der Waals surface area contributed by atoms with Crippen LogP contribution in [0.15, 0.2) is 64.1 Å². The number of nitrogens with zero attached hydrogens (tertiary/aromatic N) is 2. The van der Waals surface area contributed by atoms with Gasteiger partial charge in [0.25, 0.3) is 0 Å². The molecule has 0 spiro atoms. The first kappa shape index (κ1) is 17.2. The van der Waals surface area contributed by atoms with Gasteiger partial charge in [0, 0.05) is 29.0 Å². The van der Waals surface area contributed by atoms with Gasteiger partial charge >= 0.3 is 0 Å². The second kappa shape index (κ2) is 6.70. The lowest BCUT2D eigenvalue weighted by Crippen LogP contribution is -2.04. The Morgan fingerprint density at radius 3 is 2.54 bits per heavy atom. The van der Waals surface area contributed by atoms with Crippen molar-refractivity contribution in [3.05, 3.63) is 69.9 Å². The number of imidazole rings is 1. The summed E-state index contributed by atoms with van der Waals surface area (Å²) in [6.45, 7) is 0.472. The molecule has 1 aromatic heterocycles. The van der Waals surface area contributed by atoms with Crippen LogP contribution >= 0.6 is 27.5 Å². The lowest BCUT2D eigenvalue weighted by atomic mass is 10.2. The third-order valence-corrected chi connectivity index (χ3v) is 5.80. The summed E-state index contributed by atoms with van der Waals surface area (Å²) < 4.78 is 26.2. The smallest absolute Gasteiger partial charge is 0.176 e. The van der Waals surface area contributed by atoms with Gasteiger partial charge in [-0.05, 0) is 33.6 Å². The fourth-order valence-corrected chi connectivity index (χ4v) is 4.56. The highest BCUT2D eigenvalue weighted by Crippen LogP contribution is 2.26. The molecular formula is C17H14BrClN2O2S. The van der Waals surface area contributed by atoms with E-state index in [2.05, 4.69) is 20.9 Å². The van der Waals surface area contributed by atoms with Crippen LogP contribution in [0.3, 0.4) is 0 Å². The van der Waals surface area contributed by atoms with E-state index in [0.717, 1.165) is 17.0 Å². The molecule has 0 aliphatic carbocycles. The van der Waals surface area contributed by atoms with E-state index in [0.29, 0.717) is 16.2 Å². The number of hydrogen-bond acceptors (Lipinski definition) is 3. The Morgan fingerprint density at radius 2 is 1.88 bits per heavy atom. The van der Waals surface area contributed by atoms with E-state index in [1.807, 2.05) is 41.0 Å². The summed E-state index contributed by atoms with van der Waals surface area (Å²) in [5, 5.41) is 0.398. The average molecular weight is 426 g/mol. The first-order chi connectivity index (χ1) is 11.3. The summed E-state index contributed by atoms with van der Waals surface area (Å²) in [6.07, 6.45) is 2.94. The number of rotatable bonds is 4. The maximum atomic E-state index is 11.9. The van der Waals surface area contributed by atoms with Crippen molar-refractivity contribution < 1.29 is 8.42 Å². The molecule has 0 aliphatic rings. The van der Waals surface area contributed by atoms with Gasteiger partial charge in [0.1, 0.15) is 11.0 Å². The maximum Gasteiger partial charge on any atom is 0.176 e. The minimum absolute atomic E-state index is 0.271. The summed E-state index contributed by atoms with van der Waals surface area (Å²) in [7, 11) is -3.30. The van der Waals surface area contributed by atoms with Gasteiger partial charge in [0.05, 0.1) is 4.90 Å². The molecule has 3 rings (SSSR count). The minimum atomic E-state index is -3.30. The Hall–Kier alpha value is -1.63. The fourth-order valence-electron chi connectivity index (χ4n) is 2.45. The van der Waals surface area contributed by atoms with Gasteiger partial charge in [-0.1, -0.05) is 48.0 Å². The molecule has 1 heterocycles. The summed E-state index contributed by atoms with van der Waals surface area (Å²) in [5.74, 6) is 0.740. The lowest BCUT2D eigenvalue weighted by molar-refractivity contribution is 0.601. The topological polar surface area (TPSA) is 52.0 Å². The van der Waals surface area contributed by atoms with Crippen molar-refractivity contribution >= 4 is 37.4 Å². The van der Waals surface area contributed by atoms with Crippen LogP contribution in [0.5, 0.6) is 0 Å². The van der Waals surface area contributed by atoms with Crippen LogP contribution in [0.4, 0.5) is 0 Å². The molecular weight excluding hydrogens is 412 g/mol. The highest BCUT2D eigenvalue weighted by molar-refractivity contribution is 9.10. The van der Waals surface area contributed by atoms with Gasteiger partial charge in [-0.15, -0.1) is 0 Å². The van der Waals surface area contributed by atoms with E-state index in [-0.39, 0.29) is 4.90 Å². The van der Waals surface area contributed by atoms with Crippen molar-refractivity contribution in [2.45, 2.75) is 11.4 Å². The lowest BCUT2D eigenvalue weighted by Gasteiger charge is -2.10. The molecule has 7 heteroatoms. The molecule has 4 nitrogen and oxygen atoms in total. The first-order valence-corrected chi connectivity index (χ1v) is 10.2. The summed E-state index contributed by atoms with van der Waals surface area (Å²) in [6, 6.07) is 15.0. The van der Waals surface area contributed by atoms with Crippen LogP contribution in [-0.4, -0.2) is 24.2 Å². The van der Waals surface area contributed by atoms with Crippen molar-refractivity contribution in [3.63, 3.8) is 0 Å². The predicted molar refractivity (Wildman–Crippen MR) is 99.0 cm³/mol. The van der Waals surface area contributed by atoms with Crippen molar-refractivity contribution in [2.24, 2.45) is 0 Å². The molecule has 0 saturated carbocycles. The number of sulfone groups is 1. The van der Waals surface area contributed by atoms with E-state index in [1.165, 1.54) is 6.26 Å². The van der Waals surface area contributed by atoms with E-state index in [1.54, 1.807) is 18.3 Å². The molecule has 0 amide bonds. The highest BCUT2D eigenvalue weighted by atomic mass is 79.9. The van der Waals surface area contributed by atoms with Gasteiger partial charge in [-0.25, -0.2) is 13.4 Å². The van der Waals surface area contributed by atoms with E-state index < -0.39 is 9.84 Å². The van der Waals surface area contributed by atoms with Crippen LogP contribution < -0.4 is 0 Å². The SMILES string of the molecule is CS(=O)(=O)c1cc(Cn2cc(Cl)nc2-c2ccccc2)ccc1Br. The molecule has 0 saturated heterocycles. The van der Waals surface area contributed by atoms with Gasteiger partial charge in [-0.2, -0.15) is 0 Å². The largest absolute Gasteiger partial charge is 0.325 e. The highest BCUT2D eigenvalue weighted by Gasteiger charge is 2.14. The van der Waals surface area contributed by atoms with Crippen LogP contribution in [0.1, 0.15) is 5.56 Å². The normalized spacial score (nSPS) is 11.6. The third-order valence-electron chi connectivity index (χ3n) is 3.53. The monoisotopic (exact) mass is 424 g/mol. The molecule has 3 aromatic rings. The molecule has 0 unspecified atom stereocenters. The number of halogens is 2. The zero-order chi connectivity index (χ0) is 17.3. The Kier molecular flexibility index (Phi) is 4.80. The van der Waals surface area contributed by atoms with E-state index in [4.69, 9.17) is 11.6 Å². The maximum absolute atomic E-state index is 11.9. The summed E-state index contributed by atoms with van der Waals surface area (Å²) >= 11 is 9.36. The van der Waals surface area contributed by atoms with Crippen LogP contribution in [0, 0.1) is 0 Å². The van der Waals surface area contributed by atoms with Crippen molar-refractivity contribution in [1.29, 1.82) is 0 Å². The van der Waals surface area contributed by atoms with E-state index in [9.17, 15) is 8.42 Å². The average Bonchev–Trinajstić information content (AvgIpc) is 2.89. The standard InChI is InChI=1S/C17H14BrClN2O2S/c1-24(22,23)15-9-12(7-8-14(15)18)10-21-11-16(19)20-17(21)13-5-3-2-4-6-13/h2-9,11H,10H2,1H3. The van der Waals surface area contributed by atoms with Crippen LogP contribution in [0.25, 0.3) is 11.4 Å². The quantitative estimate of drug-likeness (QED) is 0.622. The van der Waals surface area contributed by atoms with Crippen molar-refractivity contribution in [1.82, 2.24) is 9.55 Å². The second-order valence-corrected chi connectivity index (χ2v) is 8.64. The molecule has 0 N–H and O–H groups in total. The predicted octanol–water partition coefficient (Wildman–Crippen LogP) is 4.42. The van der Waals surface area contributed by atoms with Crippen LogP contribution in [-0.2, 0) is 16.4 Å². The van der Waals surface area contributed by atoms with E-state index >= 15 is 0 Å². The second-order valence-electron chi connectivity index (χ2n) is 5.42. The van der Waals surface area contributed by atoms with Crippen LogP contribution in [0.2, 0.25) is 5.15 Å². The van der Waals surface area contributed by atoms with Crippen molar-refractivity contribution in [2.75, 3.05) is 6.26 Å². The zero-order valence-corrected chi connectivity index (χ0v) is 15.9. The van der Waals surface area contributed by atoms with Crippen molar-refractivity contribution in [3.8, 4) is 11.4 Å². The number of benzene rings is 2. The van der Waals surface area contributed by atoms with Gasteiger partial charge in [0.2, 0.25) is 0 Å². The number of aromatic nitrogens is 2. The minimum Gasteiger partial charge on any atom is -0.325 e. The molecule has 2 aromatic carbocycles.